The first-order valence-corrected chi connectivity index (χ1v) is 9.01. The van der Waals surface area contributed by atoms with Crippen LogP contribution in [-0.2, 0) is 6.54 Å². The summed E-state index contributed by atoms with van der Waals surface area (Å²) in [5.74, 6) is 1.76. The molecule has 2 N–H and O–H groups in total. The Labute approximate surface area is 141 Å². The van der Waals surface area contributed by atoms with Crippen LogP contribution in [0.2, 0.25) is 0 Å². The molecule has 1 aromatic carbocycles. The van der Waals surface area contributed by atoms with E-state index in [9.17, 15) is 0 Å². The van der Waals surface area contributed by atoms with Crippen LogP contribution in [0.4, 0.5) is 5.69 Å². The van der Waals surface area contributed by atoms with Gasteiger partial charge in [0, 0.05) is 38.9 Å². The topological polar surface area (TPSA) is 39.7 Å². The first kappa shape index (κ1) is 17.6. The van der Waals surface area contributed by atoms with Crippen LogP contribution < -0.4 is 15.5 Å². The first-order valence-electron chi connectivity index (χ1n) is 9.01. The molecule has 0 spiro atoms. The van der Waals surface area contributed by atoms with Crippen molar-refractivity contribution in [3.63, 3.8) is 0 Å². The van der Waals surface area contributed by atoms with Crippen LogP contribution in [0.3, 0.4) is 0 Å². The quantitative estimate of drug-likeness (QED) is 0.480. The molecule has 0 amide bonds. The van der Waals surface area contributed by atoms with Gasteiger partial charge >= 0.3 is 0 Å². The molecule has 1 fully saturated rings. The highest BCUT2D eigenvalue weighted by Crippen LogP contribution is 2.23. The van der Waals surface area contributed by atoms with Gasteiger partial charge in [-0.05, 0) is 42.9 Å². The van der Waals surface area contributed by atoms with Crippen molar-refractivity contribution in [1.29, 1.82) is 0 Å². The van der Waals surface area contributed by atoms with Gasteiger partial charge in [-0.2, -0.15) is 0 Å². The fourth-order valence-corrected chi connectivity index (χ4v) is 2.88. The molecule has 4 nitrogen and oxygen atoms in total. The van der Waals surface area contributed by atoms with Crippen molar-refractivity contribution < 1.29 is 0 Å². The van der Waals surface area contributed by atoms with Gasteiger partial charge in [0.2, 0.25) is 0 Å². The summed E-state index contributed by atoms with van der Waals surface area (Å²) in [6.45, 7) is 8.71. The lowest BCUT2D eigenvalue weighted by molar-refractivity contribution is 0.438. The van der Waals surface area contributed by atoms with Crippen molar-refractivity contribution in [3.8, 4) is 0 Å². The van der Waals surface area contributed by atoms with Crippen LogP contribution in [0.1, 0.15) is 45.1 Å². The number of benzene rings is 1. The zero-order valence-corrected chi connectivity index (χ0v) is 14.9. The summed E-state index contributed by atoms with van der Waals surface area (Å²) in [5, 5.41) is 6.71. The van der Waals surface area contributed by atoms with E-state index in [1.54, 1.807) is 0 Å². The third kappa shape index (κ3) is 5.77. The molecule has 0 radical (unpaired) electrons. The number of aliphatic imine (C=N–C) groups is 1. The van der Waals surface area contributed by atoms with Crippen LogP contribution in [0.25, 0.3) is 0 Å². The molecule has 0 atom stereocenters. The minimum Gasteiger partial charge on any atom is -0.372 e. The Balaban J connectivity index is 1.80. The predicted molar refractivity (Wildman–Crippen MR) is 100 cm³/mol. The lowest BCUT2D eigenvalue weighted by atomic mass is 9.99. The molecule has 0 aliphatic carbocycles. The van der Waals surface area contributed by atoms with E-state index in [0.29, 0.717) is 0 Å². The highest BCUT2D eigenvalue weighted by atomic mass is 15.2. The van der Waals surface area contributed by atoms with Crippen molar-refractivity contribution in [2.24, 2.45) is 10.9 Å². The molecule has 1 aliphatic heterocycles. The summed E-state index contributed by atoms with van der Waals surface area (Å²) in [7, 11) is 1.82. The van der Waals surface area contributed by atoms with Gasteiger partial charge in [0.15, 0.2) is 5.96 Å². The smallest absolute Gasteiger partial charge is 0.191 e. The van der Waals surface area contributed by atoms with E-state index in [-0.39, 0.29) is 0 Å². The van der Waals surface area contributed by atoms with Crippen LogP contribution >= 0.6 is 0 Å². The van der Waals surface area contributed by atoms with Gasteiger partial charge in [0.25, 0.3) is 0 Å². The summed E-state index contributed by atoms with van der Waals surface area (Å²) in [4.78, 5) is 6.76. The number of guanidine groups is 1. The minimum absolute atomic E-state index is 0.809. The number of nitrogens with zero attached hydrogens (tertiary/aromatic N) is 2. The number of anilines is 1. The molecule has 2 rings (SSSR count). The summed E-state index contributed by atoms with van der Waals surface area (Å²) in [6, 6.07) is 8.94. The molecule has 0 bridgehead atoms. The third-order valence-corrected chi connectivity index (χ3v) is 4.59. The maximum Gasteiger partial charge on any atom is 0.191 e. The van der Waals surface area contributed by atoms with Crippen LogP contribution in [0.5, 0.6) is 0 Å². The monoisotopic (exact) mass is 316 g/mol. The molecule has 1 saturated heterocycles. The SMILES string of the molecule is CCCCNC(=NC)NCc1ccc(N2CCC(C)CC2)cc1. The van der Waals surface area contributed by atoms with Gasteiger partial charge in [-0.25, -0.2) is 0 Å². The van der Waals surface area contributed by atoms with Crippen molar-refractivity contribution in [1.82, 2.24) is 10.6 Å². The van der Waals surface area contributed by atoms with Crippen LogP contribution in [0.15, 0.2) is 29.3 Å². The average molecular weight is 316 g/mol. The molecule has 1 heterocycles. The average Bonchev–Trinajstić information content (AvgIpc) is 2.59. The fraction of sp³-hybridized carbons (Fsp3) is 0.632. The van der Waals surface area contributed by atoms with Gasteiger partial charge < -0.3 is 15.5 Å². The summed E-state index contributed by atoms with van der Waals surface area (Å²) < 4.78 is 0. The van der Waals surface area contributed by atoms with E-state index >= 15 is 0 Å². The number of hydrogen-bond acceptors (Lipinski definition) is 2. The Morgan fingerprint density at radius 3 is 2.48 bits per heavy atom. The van der Waals surface area contributed by atoms with E-state index in [4.69, 9.17) is 0 Å². The Bertz CT molecular complexity index is 473. The second kappa shape index (κ2) is 9.43. The molecule has 0 saturated carbocycles. The Kier molecular flexibility index (Phi) is 7.24. The van der Waals surface area contributed by atoms with E-state index in [1.165, 1.54) is 50.0 Å². The van der Waals surface area contributed by atoms with Crippen molar-refractivity contribution in [2.75, 3.05) is 31.6 Å². The van der Waals surface area contributed by atoms with Gasteiger partial charge in [-0.15, -0.1) is 0 Å². The number of hydrogen-bond donors (Lipinski definition) is 2. The van der Waals surface area contributed by atoms with E-state index in [1.807, 2.05) is 7.05 Å². The number of rotatable bonds is 6. The standard InChI is InChI=1S/C19H32N4/c1-4-5-12-21-19(20-3)22-15-17-6-8-18(9-7-17)23-13-10-16(2)11-14-23/h6-9,16H,4-5,10-15H2,1-3H3,(H2,20,21,22). The molecule has 23 heavy (non-hydrogen) atoms. The number of piperidine rings is 1. The predicted octanol–water partition coefficient (Wildman–Crippen LogP) is 3.39. The lowest BCUT2D eigenvalue weighted by Crippen LogP contribution is -2.37. The molecule has 4 heteroatoms. The Morgan fingerprint density at radius 2 is 1.87 bits per heavy atom. The van der Waals surface area contributed by atoms with Crippen molar-refractivity contribution >= 4 is 11.6 Å². The highest BCUT2D eigenvalue weighted by Gasteiger charge is 2.15. The second-order valence-corrected chi connectivity index (χ2v) is 6.54. The summed E-state index contributed by atoms with van der Waals surface area (Å²) in [6.07, 6.45) is 4.98. The molecular formula is C19H32N4. The zero-order chi connectivity index (χ0) is 16.5. The van der Waals surface area contributed by atoms with E-state index < -0.39 is 0 Å². The van der Waals surface area contributed by atoms with E-state index in [2.05, 4.69) is 58.6 Å². The van der Waals surface area contributed by atoms with Gasteiger partial charge in [-0.1, -0.05) is 32.4 Å². The van der Waals surface area contributed by atoms with Gasteiger partial charge in [0.1, 0.15) is 0 Å². The minimum atomic E-state index is 0.809. The Hall–Kier alpha value is -1.71. The second-order valence-electron chi connectivity index (χ2n) is 6.54. The third-order valence-electron chi connectivity index (χ3n) is 4.59. The molecule has 128 valence electrons. The Morgan fingerprint density at radius 1 is 1.17 bits per heavy atom. The molecule has 1 aromatic rings. The molecule has 0 unspecified atom stereocenters. The number of nitrogens with one attached hydrogen (secondary N) is 2. The normalized spacial score (nSPS) is 16.5. The summed E-state index contributed by atoms with van der Waals surface area (Å²) >= 11 is 0. The molecule has 1 aliphatic rings. The summed E-state index contributed by atoms with van der Waals surface area (Å²) in [5.41, 5.74) is 2.64. The lowest BCUT2D eigenvalue weighted by Gasteiger charge is -2.32. The fourth-order valence-electron chi connectivity index (χ4n) is 2.88. The maximum atomic E-state index is 4.26. The van der Waals surface area contributed by atoms with Gasteiger partial charge in [0.05, 0.1) is 0 Å². The largest absolute Gasteiger partial charge is 0.372 e. The highest BCUT2D eigenvalue weighted by molar-refractivity contribution is 5.79. The van der Waals surface area contributed by atoms with E-state index in [0.717, 1.165) is 25.0 Å². The van der Waals surface area contributed by atoms with Crippen LogP contribution in [-0.4, -0.2) is 32.6 Å². The maximum absolute atomic E-state index is 4.26. The number of unbranched alkanes of at least 4 members (excludes halogenated alkanes) is 1. The van der Waals surface area contributed by atoms with Crippen molar-refractivity contribution in [3.05, 3.63) is 29.8 Å². The first-order chi connectivity index (χ1) is 11.2. The van der Waals surface area contributed by atoms with Gasteiger partial charge in [-0.3, -0.25) is 4.99 Å². The zero-order valence-electron chi connectivity index (χ0n) is 14.9. The van der Waals surface area contributed by atoms with Crippen LogP contribution in [0, 0.1) is 5.92 Å². The molecular weight excluding hydrogens is 284 g/mol. The van der Waals surface area contributed by atoms with Crippen molar-refractivity contribution in [2.45, 2.75) is 46.1 Å². The molecule has 0 aromatic heterocycles.